The average Bonchev–Trinajstić information content (AvgIpc) is 3.40. The molecule has 0 saturated carbocycles. The van der Waals surface area contributed by atoms with Crippen LogP contribution < -0.4 is 14.2 Å². The molecule has 2 aliphatic heterocycles. The summed E-state index contributed by atoms with van der Waals surface area (Å²) in [5.41, 5.74) is 2.99. The molecule has 5 aromatic rings. The highest BCUT2D eigenvalue weighted by Gasteiger charge is 2.39. The number of aliphatic hydroxyl groups excluding tert-OH is 1. The number of sulfonamides is 1. The zero-order valence-corrected chi connectivity index (χ0v) is 25.4. The summed E-state index contributed by atoms with van der Waals surface area (Å²) in [6.45, 7) is 2.55. The minimum absolute atomic E-state index is 0.0558. The second-order valence-electron chi connectivity index (χ2n) is 11.3. The van der Waals surface area contributed by atoms with E-state index in [1.165, 1.54) is 0 Å². The van der Waals surface area contributed by atoms with E-state index in [2.05, 4.69) is 9.71 Å². The van der Waals surface area contributed by atoms with Crippen molar-refractivity contribution in [2.24, 2.45) is 0 Å². The molecule has 9 nitrogen and oxygen atoms in total. The Morgan fingerprint density at radius 1 is 0.956 bits per heavy atom. The van der Waals surface area contributed by atoms with Gasteiger partial charge in [-0.2, -0.15) is 0 Å². The van der Waals surface area contributed by atoms with Crippen molar-refractivity contribution in [3.8, 4) is 11.5 Å². The van der Waals surface area contributed by atoms with Gasteiger partial charge in [-0.05, 0) is 53.9 Å². The quantitative estimate of drug-likeness (QED) is 0.184. The molecule has 0 aliphatic carbocycles. The van der Waals surface area contributed by atoms with Crippen LogP contribution in [0.3, 0.4) is 0 Å². The van der Waals surface area contributed by atoms with E-state index >= 15 is 0 Å². The summed E-state index contributed by atoms with van der Waals surface area (Å²) in [6.07, 6.45) is -0.00236. The number of rotatable bonds is 8. The predicted octanol–water partition coefficient (Wildman–Crippen LogP) is 5.89. The molecule has 0 amide bonds. The van der Waals surface area contributed by atoms with Gasteiger partial charge >= 0.3 is 5.97 Å². The first-order chi connectivity index (χ1) is 21.8. The Morgan fingerprint density at radius 3 is 2.58 bits per heavy atom. The number of hydrogen-bond donors (Lipinski definition) is 3. The monoisotopic (exact) mass is 624 g/mol. The number of carbonyl (C=O) groups is 1. The minimum Gasteiger partial charge on any atom is -0.512 e. The number of aromatic amines is 1. The lowest BCUT2D eigenvalue weighted by atomic mass is 9.82. The molecular weight excluding hydrogens is 592 g/mol. The zero-order chi connectivity index (χ0) is 31.1. The van der Waals surface area contributed by atoms with Gasteiger partial charge < -0.3 is 24.3 Å². The van der Waals surface area contributed by atoms with Crippen LogP contribution in [-0.2, 0) is 26.0 Å². The molecule has 0 saturated heterocycles. The second-order valence-corrected chi connectivity index (χ2v) is 13.1. The number of esters is 1. The molecular formula is C35H32N2O7S. The van der Waals surface area contributed by atoms with E-state index in [1.54, 1.807) is 31.2 Å². The molecule has 2 aliphatic rings. The number of H-pyrrole nitrogens is 1. The van der Waals surface area contributed by atoms with Crippen molar-refractivity contribution in [1.82, 2.24) is 9.71 Å². The molecule has 0 spiro atoms. The van der Waals surface area contributed by atoms with Crippen molar-refractivity contribution in [1.29, 1.82) is 0 Å². The first-order valence-electron chi connectivity index (χ1n) is 14.9. The molecule has 0 radical (unpaired) electrons. The fourth-order valence-electron chi connectivity index (χ4n) is 6.32. The topological polar surface area (TPSA) is 127 Å². The van der Waals surface area contributed by atoms with Crippen molar-refractivity contribution in [2.45, 2.75) is 36.7 Å². The molecule has 230 valence electrons. The van der Waals surface area contributed by atoms with Crippen LogP contribution in [0.2, 0.25) is 0 Å². The molecule has 45 heavy (non-hydrogen) atoms. The van der Waals surface area contributed by atoms with E-state index < -0.39 is 28.0 Å². The van der Waals surface area contributed by atoms with Gasteiger partial charge in [0, 0.05) is 35.1 Å². The maximum Gasteiger partial charge on any atom is 0.338 e. The van der Waals surface area contributed by atoms with E-state index in [0.717, 1.165) is 27.2 Å². The summed E-state index contributed by atoms with van der Waals surface area (Å²) in [5.74, 6) is -0.447. The van der Waals surface area contributed by atoms with Gasteiger partial charge in [-0.25, -0.2) is 17.9 Å². The number of aliphatic hydroxyl groups is 1. The van der Waals surface area contributed by atoms with Gasteiger partial charge in [0.2, 0.25) is 10.0 Å². The van der Waals surface area contributed by atoms with Gasteiger partial charge in [-0.1, -0.05) is 60.7 Å². The summed E-state index contributed by atoms with van der Waals surface area (Å²) in [7, 11) is -3.82. The maximum absolute atomic E-state index is 13.5. The second kappa shape index (κ2) is 11.6. The van der Waals surface area contributed by atoms with Crippen LogP contribution in [0, 0.1) is 0 Å². The Balaban J connectivity index is 1.31. The highest BCUT2D eigenvalue weighted by Crippen LogP contribution is 2.47. The number of carbonyl (C=O) groups excluding carboxylic acids is 1. The largest absolute Gasteiger partial charge is 0.512 e. The van der Waals surface area contributed by atoms with Gasteiger partial charge in [0.25, 0.3) is 0 Å². The smallest absolute Gasteiger partial charge is 0.338 e. The Kier molecular flexibility index (Phi) is 7.47. The van der Waals surface area contributed by atoms with Gasteiger partial charge in [-0.3, -0.25) is 0 Å². The molecule has 4 aromatic carbocycles. The molecule has 2 atom stereocenters. The summed E-state index contributed by atoms with van der Waals surface area (Å²) >= 11 is 0. The summed E-state index contributed by atoms with van der Waals surface area (Å²) in [5, 5.41) is 13.9. The van der Waals surface area contributed by atoms with Crippen molar-refractivity contribution in [2.75, 3.05) is 19.8 Å². The van der Waals surface area contributed by atoms with E-state index in [1.807, 2.05) is 60.7 Å². The third kappa shape index (κ3) is 5.40. The molecule has 3 heterocycles. The van der Waals surface area contributed by atoms with Crippen LogP contribution in [0.1, 0.15) is 36.1 Å². The van der Waals surface area contributed by atoms with Crippen LogP contribution in [0.25, 0.3) is 21.7 Å². The molecule has 3 N–H and O–H groups in total. The maximum atomic E-state index is 13.5. The third-order valence-corrected chi connectivity index (χ3v) is 9.81. The minimum atomic E-state index is -3.82. The van der Waals surface area contributed by atoms with E-state index in [9.17, 15) is 18.3 Å². The fraction of sp³-hybridized carbons (Fsp3) is 0.229. The lowest BCUT2D eigenvalue weighted by molar-refractivity contribution is -0.146. The Labute approximate surface area is 260 Å². The SMILES string of the molecule is CC1CC(O)=C(C(c2cccc3c2OCCO3)c2[nH]c3ccccc3c2CCNS(=O)(=O)c2ccc3ccccc3c2)C(=O)O1. The highest BCUT2D eigenvalue weighted by atomic mass is 32.2. The molecule has 10 heteroatoms. The van der Waals surface area contributed by atoms with Crippen molar-refractivity contribution < 1.29 is 32.5 Å². The molecule has 1 aromatic heterocycles. The van der Waals surface area contributed by atoms with Gasteiger partial charge in [0.05, 0.1) is 16.4 Å². The number of benzene rings is 4. The van der Waals surface area contributed by atoms with Crippen LogP contribution in [-0.4, -0.2) is 50.3 Å². The predicted molar refractivity (Wildman–Crippen MR) is 170 cm³/mol. The summed E-state index contributed by atoms with van der Waals surface area (Å²) < 4.78 is 47.1. The number of nitrogens with one attached hydrogen (secondary N) is 2. The molecule has 0 fully saturated rings. The number of fused-ring (bicyclic) bond motifs is 3. The number of aromatic nitrogens is 1. The van der Waals surface area contributed by atoms with Crippen LogP contribution >= 0.6 is 0 Å². The number of ether oxygens (including phenoxy) is 3. The molecule has 0 bridgehead atoms. The first kappa shape index (κ1) is 28.9. The van der Waals surface area contributed by atoms with E-state index in [0.29, 0.717) is 42.4 Å². The van der Waals surface area contributed by atoms with Crippen LogP contribution in [0.15, 0.2) is 101 Å². The van der Waals surface area contributed by atoms with Gasteiger partial charge in [-0.15, -0.1) is 0 Å². The van der Waals surface area contributed by atoms with Crippen molar-refractivity contribution in [3.05, 3.63) is 113 Å². The van der Waals surface area contributed by atoms with Crippen molar-refractivity contribution in [3.63, 3.8) is 0 Å². The molecule has 2 unspecified atom stereocenters. The summed E-state index contributed by atoms with van der Waals surface area (Å²) in [4.78, 5) is 17.1. The number of hydrogen-bond acceptors (Lipinski definition) is 7. The first-order valence-corrected chi connectivity index (χ1v) is 16.4. The van der Waals surface area contributed by atoms with E-state index in [-0.39, 0.29) is 29.2 Å². The number of para-hydroxylation sites is 2. The normalized spacial score (nSPS) is 17.4. The van der Waals surface area contributed by atoms with Gasteiger partial charge in [0.15, 0.2) is 11.5 Å². The molecule has 7 rings (SSSR count). The zero-order valence-electron chi connectivity index (χ0n) is 24.6. The lowest BCUT2D eigenvalue weighted by Crippen LogP contribution is -2.29. The highest BCUT2D eigenvalue weighted by molar-refractivity contribution is 7.89. The van der Waals surface area contributed by atoms with Gasteiger partial charge in [0.1, 0.15) is 25.1 Å². The van der Waals surface area contributed by atoms with Crippen LogP contribution in [0.5, 0.6) is 11.5 Å². The number of cyclic esters (lactones) is 1. The fourth-order valence-corrected chi connectivity index (χ4v) is 7.38. The van der Waals surface area contributed by atoms with Crippen molar-refractivity contribution >= 4 is 37.7 Å². The lowest BCUT2D eigenvalue weighted by Gasteiger charge is -2.30. The van der Waals surface area contributed by atoms with Crippen LogP contribution in [0.4, 0.5) is 0 Å². The third-order valence-electron chi connectivity index (χ3n) is 8.35. The Morgan fingerprint density at radius 2 is 1.73 bits per heavy atom. The standard InChI is InChI=1S/C35H32N2O7S/c1-21-19-29(38)32(35(39)44-21)31(27-10-6-12-30-34(27)43-18-17-42-30)33-26(25-9-4-5-11-28(25)37-33)15-16-36-45(40,41)24-14-13-22-7-2-3-8-23(22)20-24/h2-14,20-21,31,36-38H,15-19H2,1H3. The summed E-state index contributed by atoms with van der Waals surface area (Å²) in [6, 6.07) is 25.8. The Hall–Kier alpha value is -4.80. The van der Waals surface area contributed by atoms with E-state index in [4.69, 9.17) is 14.2 Å². The Bertz CT molecular complexity index is 2080. The average molecular weight is 625 g/mol.